The molecule has 2 heteroatoms. The normalized spacial score (nSPS) is 19.1. The molecule has 1 rings (SSSR count). The largest absolute Gasteiger partial charge is 0.0940 e. The lowest BCUT2D eigenvalue weighted by atomic mass is 10.1. The van der Waals surface area contributed by atoms with Gasteiger partial charge in [0.05, 0.1) is 0 Å². The van der Waals surface area contributed by atoms with Crippen molar-refractivity contribution in [3.05, 3.63) is 34.4 Å². The first-order valence-electron chi connectivity index (χ1n) is 2.60. The molecule has 1 aliphatic rings. The van der Waals surface area contributed by atoms with E-state index < -0.39 is 0 Å². The second kappa shape index (κ2) is 2.59. The molecule has 0 saturated heterocycles. The zero-order valence-corrected chi connectivity index (χ0v) is 6.34. The van der Waals surface area contributed by atoms with E-state index in [2.05, 4.69) is 6.58 Å². The summed E-state index contributed by atoms with van der Waals surface area (Å²) in [5.41, 5.74) is 0.893. The quantitative estimate of drug-likeness (QED) is 0.511. The van der Waals surface area contributed by atoms with Gasteiger partial charge in [-0.1, -0.05) is 29.8 Å². The smallest absolute Gasteiger partial charge is 0.0436 e. The average Bonchev–Trinajstić information content (AvgIpc) is 1.80. The van der Waals surface area contributed by atoms with Crippen LogP contribution in [-0.2, 0) is 0 Å². The lowest BCUT2D eigenvalue weighted by molar-refractivity contribution is 1.23. The summed E-state index contributed by atoms with van der Waals surface area (Å²) in [6.07, 6.45) is 4.24. The van der Waals surface area contributed by atoms with Crippen LogP contribution in [0.2, 0.25) is 0 Å². The third-order valence-corrected chi connectivity index (χ3v) is 1.78. The fraction of sp³-hybridized carbons (Fsp3) is 0.143. The van der Waals surface area contributed by atoms with Gasteiger partial charge in [-0.3, -0.25) is 0 Å². The Kier molecular flexibility index (Phi) is 1.99. The number of hydrogen-bond acceptors (Lipinski definition) is 0. The highest BCUT2D eigenvalue weighted by atomic mass is 35.5. The van der Waals surface area contributed by atoms with Crippen LogP contribution in [0.3, 0.4) is 0 Å². The van der Waals surface area contributed by atoms with Crippen LogP contribution in [0.4, 0.5) is 0 Å². The highest BCUT2D eigenvalue weighted by Crippen LogP contribution is 2.27. The van der Waals surface area contributed by atoms with Gasteiger partial charge in [0.15, 0.2) is 0 Å². The first-order chi connectivity index (χ1) is 4.20. The predicted molar refractivity (Wildman–Crippen MR) is 41.6 cm³/mol. The Bertz CT molecular complexity index is 199. The van der Waals surface area contributed by atoms with Crippen LogP contribution in [0.5, 0.6) is 0 Å². The van der Waals surface area contributed by atoms with E-state index in [-0.39, 0.29) is 0 Å². The van der Waals surface area contributed by atoms with Crippen LogP contribution < -0.4 is 0 Å². The van der Waals surface area contributed by atoms with Crippen LogP contribution in [0.25, 0.3) is 0 Å². The molecule has 0 saturated carbocycles. The summed E-state index contributed by atoms with van der Waals surface area (Å²) in [5.74, 6) is 0. The predicted octanol–water partition coefficient (Wildman–Crippen LogP) is 3.19. The van der Waals surface area contributed by atoms with Gasteiger partial charge in [-0.2, -0.15) is 0 Å². The van der Waals surface area contributed by atoms with Gasteiger partial charge in [-0.05, 0) is 17.7 Å². The van der Waals surface area contributed by atoms with Crippen molar-refractivity contribution in [3.63, 3.8) is 0 Å². The lowest BCUT2D eigenvalue weighted by Crippen LogP contribution is -1.86. The zero-order chi connectivity index (χ0) is 6.85. The molecule has 0 fully saturated rings. The van der Waals surface area contributed by atoms with Crippen molar-refractivity contribution in [1.82, 2.24) is 0 Å². The summed E-state index contributed by atoms with van der Waals surface area (Å²) in [5, 5.41) is 1.50. The van der Waals surface area contributed by atoms with Gasteiger partial charge in [0.2, 0.25) is 0 Å². The van der Waals surface area contributed by atoms with Gasteiger partial charge in [-0.15, -0.1) is 0 Å². The molecule has 0 N–H and O–H groups in total. The molecule has 0 bridgehead atoms. The summed E-state index contributed by atoms with van der Waals surface area (Å²) >= 11 is 11.4. The van der Waals surface area contributed by atoms with Crippen LogP contribution >= 0.6 is 23.2 Å². The van der Waals surface area contributed by atoms with E-state index in [1.165, 1.54) is 0 Å². The summed E-state index contributed by atoms with van der Waals surface area (Å²) in [6, 6.07) is 0. The fourth-order valence-corrected chi connectivity index (χ4v) is 0.983. The molecule has 0 unspecified atom stereocenters. The van der Waals surface area contributed by atoms with Crippen molar-refractivity contribution in [3.8, 4) is 0 Å². The molecule has 48 valence electrons. The second-order valence-corrected chi connectivity index (χ2v) is 2.80. The van der Waals surface area contributed by atoms with Crippen molar-refractivity contribution in [2.24, 2.45) is 0 Å². The van der Waals surface area contributed by atoms with E-state index in [1.807, 2.05) is 0 Å². The zero-order valence-electron chi connectivity index (χ0n) is 4.82. The van der Waals surface area contributed by atoms with E-state index in [4.69, 9.17) is 23.2 Å². The molecule has 0 aromatic carbocycles. The molecule has 9 heavy (non-hydrogen) atoms. The van der Waals surface area contributed by atoms with Gasteiger partial charge in [0.25, 0.3) is 0 Å². The SMILES string of the molecule is C=C1CC(Cl)=CC=C1Cl. The van der Waals surface area contributed by atoms with Crippen molar-refractivity contribution < 1.29 is 0 Å². The van der Waals surface area contributed by atoms with Crippen molar-refractivity contribution >= 4 is 23.2 Å². The standard InChI is InChI=1S/C7H6Cl2/c1-5-4-6(8)2-3-7(5)9/h2-3H,1,4H2. The Labute approximate surface area is 64.5 Å². The molecule has 1 aliphatic carbocycles. The first kappa shape index (κ1) is 6.91. The van der Waals surface area contributed by atoms with Gasteiger partial charge >= 0.3 is 0 Å². The third-order valence-electron chi connectivity index (χ3n) is 1.13. The van der Waals surface area contributed by atoms with Gasteiger partial charge in [-0.25, -0.2) is 0 Å². The Morgan fingerprint density at radius 2 is 2.00 bits per heavy atom. The van der Waals surface area contributed by atoms with E-state index in [0.29, 0.717) is 11.5 Å². The van der Waals surface area contributed by atoms with Crippen LogP contribution in [0.15, 0.2) is 34.4 Å². The van der Waals surface area contributed by atoms with Crippen LogP contribution in [0, 0.1) is 0 Å². The maximum absolute atomic E-state index is 5.69. The van der Waals surface area contributed by atoms with Gasteiger partial charge in [0, 0.05) is 16.5 Å². The minimum atomic E-state index is 0.691. The van der Waals surface area contributed by atoms with Crippen LogP contribution in [-0.4, -0.2) is 0 Å². The van der Waals surface area contributed by atoms with E-state index >= 15 is 0 Å². The van der Waals surface area contributed by atoms with Gasteiger partial charge < -0.3 is 0 Å². The number of rotatable bonds is 0. The van der Waals surface area contributed by atoms with E-state index in [9.17, 15) is 0 Å². The second-order valence-electron chi connectivity index (χ2n) is 1.91. The summed E-state index contributed by atoms with van der Waals surface area (Å²) in [6.45, 7) is 3.72. The molecule has 0 amide bonds. The lowest BCUT2D eigenvalue weighted by Gasteiger charge is -2.06. The van der Waals surface area contributed by atoms with Crippen molar-refractivity contribution in [1.29, 1.82) is 0 Å². The number of hydrogen-bond donors (Lipinski definition) is 0. The average molecular weight is 161 g/mol. The molecular formula is C7H6Cl2. The van der Waals surface area contributed by atoms with Crippen molar-refractivity contribution in [2.75, 3.05) is 0 Å². The Morgan fingerprint density at radius 1 is 1.33 bits per heavy atom. The Morgan fingerprint density at radius 3 is 2.44 bits per heavy atom. The third kappa shape index (κ3) is 1.60. The monoisotopic (exact) mass is 160 g/mol. The number of allylic oxidation sites excluding steroid dienone is 5. The molecule has 0 spiro atoms. The molecule has 0 aromatic rings. The molecule has 0 atom stereocenters. The molecule has 0 heterocycles. The fourth-order valence-electron chi connectivity index (χ4n) is 0.629. The minimum Gasteiger partial charge on any atom is -0.0940 e. The summed E-state index contributed by atoms with van der Waals surface area (Å²) in [7, 11) is 0. The molecule has 0 aliphatic heterocycles. The maximum Gasteiger partial charge on any atom is 0.0436 e. The van der Waals surface area contributed by atoms with Crippen LogP contribution in [0.1, 0.15) is 6.42 Å². The Hall–Kier alpha value is -0.200. The molecule has 0 nitrogen and oxygen atoms in total. The molecule has 0 radical (unpaired) electrons. The highest BCUT2D eigenvalue weighted by Gasteiger charge is 2.05. The molecule has 0 aromatic heterocycles. The summed E-state index contributed by atoms with van der Waals surface area (Å²) in [4.78, 5) is 0. The maximum atomic E-state index is 5.69. The highest BCUT2D eigenvalue weighted by molar-refractivity contribution is 6.34. The van der Waals surface area contributed by atoms with Gasteiger partial charge in [0.1, 0.15) is 0 Å². The van der Waals surface area contributed by atoms with E-state index in [1.54, 1.807) is 12.2 Å². The Balaban J connectivity index is 2.86. The summed E-state index contributed by atoms with van der Waals surface area (Å²) < 4.78 is 0. The molecular weight excluding hydrogens is 155 g/mol. The van der Waals surface area contributed by atoms with Crippen molar-refractivity contribution in [2.45, 2.75) is 6.42 Å². The van der Waals surface area contributed by atoms with E-state index in [0.717, 1.165) is 10.6 Å². The number of halogens is 2. The first-order valence-corrected chi connectivity index (χ1v) is 3.36. The topological polar surface area (TPSA) is 0 Å². The minimum absolute atomic E-state index is 0.691.